The van der Waals surface area contributed by atoms with Crippen LogP contribution in [-0.2, 0) is 19.2 Å². The highest BCUT2D eigenvalue weighted by molar-refractivity contribution is 6.28. The van der Waals surface area contributed by atoms with Gasteiger partial charge >= 0.3 is 0 Å². The van der Waals surface area contributed by atoms with Crippen LogP contribution >= 0.6 is 0 Å². The van der Waals surface area contributed by atoms with E-state index in [9.17, 15) is 19.2 Å². The van der Waals surface area contributed by atoms with Crippen molar-refractivity contribution in [2.75, 3.05) is 9.80 Å². The molecule has 0 bridgehead atoms. The van der Waals surface area contributed by atoms with E-state index in [1.807, 2.05) is 31.2 Å². The van der Waals surface area contributed by atoms with Gasteiger partial charge in [-0.15, -0.1) is 0 Å². The summed E-state index contributed by atoms with van der Waals surface area (Å²) in [5.41, 5.74) is 6.40. The molecule has 3 aromatic carbocycles. The van der Waals surface area contributed by atoms with Crippen molar-refractivity contribution in [3.63, 3.8) is 0 Å². The number of carbonyl (C=O) groups is 4. The molecule has 4 amide bonds. The SMILES string of the molecule is Cc1ccc(C(c2ccc(N3C(=O)C=CC3=O)cc2)c2ccc(N3C(=O)C=CC3=O)cc2)c(C)c1. The number of hydrogen-bond acceptors (Lipinski definition) is 4. The Labute approximate surface area is 202 Å². The zero-order valence-corrected chi connectivity index (χ0v) is 19.3. The number of hydrogen-bond donors (Lipinski definition) is 0. The number of benzene rings is 3. The molecule has 0 aliphatic carbocycles. The first-order valence-corrected chi connectivity index (χ1v) is 11.2. The van der Waals surface area contributed by atoms with Crippen LogP contribution in [0.3, 0.4) is 0 Å². The maximum absolute atomic E-state index is 12.1. The molecule has 2 aliphatic heterocycles. The third kappa shape index (κ3) is 3.99. The van der Waals surface area contributed by atoms with E-state index in [2.05, 4.69) is 25.1 Å². The molecule has 0 N–H and O–H groups in total. The van der Waals surface area contributed by atoms with Gasteiger partial charge < -0.3 is 0 Å². The lowest BCUT2D eigenvalue weighted by Crippen LogP contribution is -2.29. The summed E-state index contributed by atoms with van der Waals surface area (Å²) in [7, 11) is 0. The Balaban J connectivity index is 1.54. The van der Waals surface area contributed by atoms with Crippen LogP contribution in [-0.4, -0.2) is 23.6 Å². The van der Waals surface area contributed by atoms with Crippen LogP contribution in [0.4, 0.5) is 11.4 Å². The molecule has 5 rings (SSSR count). The maximum Gasteiger partial charge on any atom is 0.258 e. The predicted molar refractivity (Wildman–Crippen MR) is 133 cm³/mol. The van der Waals surface area contributed by atoms with Crippen molar-refractivity contribution in [2.24, 2.45) is 0 Å². The van der Waals surface area contributed by atoms with E-state index in [4.69, 9.17) is 0 Å². The van der Waals surface area contributed by atoms with E-state index in [1.165, 1.54) is 24.3 Å². The first-order valence-electron chi connectivity index (χ1n) is 11.2. The Bertz CT molecular complexity index is 1310. The van der Waals surface area contributed by atoms with Crippen LogP contribution in [0.2, 0.25) is 0 Å². The van der Waals surface area contributed by atoms with Gasteiger partial charge in [-0.25, -0.2) is 9.80 Å². The molecule has 35 heavy (non-hydrogen) atoms. The molecule has 0 atom stereocenters. The molecule has 0 radical (unpaired) electrons. The molecular formula is C29H22N2O4. The van der Waals surface area contributed by atoms with E-state index in [1.54, 1.807) is 24.3 Å². The molecular weight excluding hydrogens is 440 g/mol. The van der Waals surface area contributed by atoms with Crippen LogP contribution in [0.25, 0.3) is 0 Å². The Morgan fingerprint density at radius 3 is 1.31 bits per heavy atom. The van der Waals surface area contributed by atoms with Gasteiger partial charge in [-0.05, 0) is 60.4 Å². The lowest BCUT2D eigenvalue weighted by molar-refractivity contribution is -0.121. The predicted octanol–water partition coefficient (Wildman–Crippen LogP) is 4.34. The van der Waals surface area contributed by atoms with E-state index < -0.39 is 0 Å². The second kappa shape index (κ2) is 8.65. The molecule has 2 aliphatic rings. The van der Waals surface area contributed by atoms with Crippen molar-refractivity contribution < 1.29 is 19.2 Å². The molecule has 6 nitrogen and oxygen atoms in total. The fourth-order valence-corrected chi connectivity index (χ4v) is 4.64. The van der Waals surface area contributed by atoms with Gasteiger partial charge in [0.2, 0.25) is 0 Å². The highest BCUT2D eigenvalue weighted by Crippen LogP contribution is 2.36. The van der Waals surface area contributed by atoms with Gasteiger partial charge in [0.05, 0.1) is 11.4 Å². The lowest BCUT2D eigenvalue weighted by Gasteiger charge is -2.23. The summed E-state index contributed by atoms with van der Waals surface area (Å²) in [6.07, 6.45) is 5.06. The Morgan fingerprint density at radius 2 is 0.943 bits per heavy atom. The minimum atomic E-state index is -0.357. The molecule has 0 aromatic heterocycles. The lowest BCUT2D eigenvalue weighted by atomic mass is 9.82. The van der Waals surface area contributed by atoms with E-state index >= 15 is 0 Å². The fraction of sp³-hybridized carbons (Fsp3) is 0.103. The van der Waals surface area contributed by atoms with Crippen LogP contribution in [0.5, 0.6) is 0 Å². The van der Waals surface area contributed by atoms with Crippen molar-refractivity contribution in [1.29, 1.82) is 0 Å². The fourth-order valence-electron chi connectivity index (χ4n) is 4.64. The van der Waals surface area contributed by atoms with Crippen molar-refractivity contribution in [2.45, 2.75) is 19.8 Å². The van der Waals surface area contributed by atoms with Crippen molar-refractivity contribution >= 4 is 35.0 Å². The molecule has 0 unspecified atom stereocenters. The number of imide groups is 2. The van der Waals surface area contributed by atoms with Gasteiger partial charge in [0.25, 0.3) is 23.6 Å². The number of aryl methyl sites for hydroxylation is 2. The average molecular weight is 463 g/mol. The molecule has 0 saturated carbocycles. The van der Waals surface area contributed by atoms with Gasteiger partial charge in [0.15, 0.2) is 0 Å². The van der Waals surface area contributed by atoms with Gasteiger partial charge in [-0.2, -0.15) is 0 Å². The highest BCUT2D eigenvalue weighted by Gasteiger charge is 2.27. The summed E-state index contributed by atoms with van der Waals surface area (Å²) in [6, 6.07) is 21.1. The van der Waals surface area contributed by atoms with E-state index in [0.717, 1.165) is 37.6 Å². The van der Waals surface area contributed by atoms with Crippen LogP contribution < -0.4 is 9.80 Å². The number of anilines is 2. The molecule has 6 heteroatoms. The number of carbonyl (C=O) groups excluding carboxylic acids is 4. The van der Waals surface area contributed by atoms with Crippen molar-refractivity contribution in [3.8, 4) is 0 Å². The van der Waals surface area contributed by atoms with Crippen LogP contribution in [0.1, 0.15) is 33.7 Å². The van der Waals surface area contributed by atoms with Crippen LogP contribution in [0, 0.1) is 13.8 Å². The summed E-state index contributed by atoms with van der Waals surface area (Å²) >= 11 is 0. The summed E-state index contributed by atoms with van der Waals surface area (Å²) < 4.78 is 0. The third-order valence-electron chi connectivity index (χ3n) is 6.32. The van der Waals surface area contributed by atoms with Gasteiger partial charge in [0, 0.05) is 30.2 Å². The normalized spacial score (nSPS) is 15.3. The van der Waals surface area contributed by atoms with Gasteiger partial charge in [-0.3, -0.25) is 19.2 Å². The molecule has 3 aromatic rings. The molecule has 2 heterocycles. The molecule has 0 spiro atoms. The maximum atomic E-state index is 12.1. The zero-order valence-electron chi connectivity index (χ0n) is 19.3. The second-order valence-electron chi connectivity index (χ2n) is 8.67. The van der Waals surface area contributed by atoms with Crippen molar-refractivity contribution in [1.82, 2.24) is 0 Å². The Morgan fingerprint density at radius 1 is 0.543 bits per heavy atom. The summed E-state index contributed by atoms with van der Waals surface area (Å²) in [5, 5.41) is 0. The molecule has 172 valence electrons. The molecule has 0 saturated heterocycles. The van der Waals surface area contributed by atoms with Crippen molar-refractivity contribution in [3.05, 3.63) is 119 Å². The number of rotatable bonds is 5. The van der Waals surface area contributed by atoms with E-state index in [0.29, 0.717) is 11.4 Å². The molecule has 0 fully saturated rings. The monoisotopic (exact) mass is 462 g/mol. The Hall–Kier alpha value is -4.58. The summed E-state index contributed by atoms with van der Waals surface area (Å²) in [6.45, 7) is 4.12. The smallest absolute Gasteiger partial charge is 0.258 e. The number of nitrogens with zero attached hydrogens (tertiary/aromatic N) is 2. The average Bonchev–Trinajstić information content (AvgIpc) is 3.36. The first kappa shape index (κ1) is 22.2. The highest BCUT2D eigenvalue weighted by atomic mass is 16.2. The quantitative estimate of drug-likeness (QED) is 0.418. The second-order valence-corrected chi connectivity index (χ2v) is 8.67. The van der Waals surface area contributed by atoms with Gasteiger partial charge in [0.1, 0.15) is 0 Å². The Kier molecular flexibility index (Phi) is 5.49. The topological polar surface area (TPSA) is 74.8 Å². The summed E-state index contributed by atoms with van der Waals surface area (Å²) in [5.74, 6) is -1.56. The number of amides is 4. The summed E-state index contributed by atoms with van der Waals surface area (Å²) in [4.78, 5) is 50.6. The minimum Gasteiger partial charge on any atom is -0.269 e. The first-order chi connectivity index (χ1) is 16.8. The standard InChI is InChI=1S/C29H22N2O4/c1-18-3-12-24(19(2)17-18)29(20-4-8-22(9-5-20)30-25(32)13-14-26(30)33)21-6-10-23(11-7-21)31-27(34)15-16-28(31)35/h3-17,29H,1-2H3. The zero-order chi connectivity index (χ0) is 24.7. The van der Waals surface area contributed by atoms with E-state index in [-0.39, 0.29) is 29.5 Å². The largest absolute Gasteiger partial charge is 0.269 e. The third-order valence-corrected chi connectivity index (χ3v) is 6.32. The van der Waals surface area contributed by atoms with Gasteiger partial charge in [-0.1, -0.05) is 48.0 Å². The minimum absolute atomic E-state index is 0.134. The van der Waals surface area contributed by atoms with Crippen LogP contribution in [0.15, 0.2) is 91.0 Å².